The van der Waals surface area contributed by atoms with Crippen molar-refractivity contribution in [2.24, 2.45) is 14.1 Å². The molecule has 2 rings (SSSR count). The molecule has 1 unspecified atom stereocenters. The van der Waals surface area contributed by atoms with Gasteiger partial charge in [0.1, 0.15) is 11.4 Å². The summed E-state index contributed by atoms with van der Waals surface area (Å²) in [5.41, 5.74) is -1.15. The lowest BCUT2D eigenvalue weighted by Crippen LogP contribution is -2.34. The van der Waals surface area contributed by atoms with E-state index < -0.39 is 29.0 Å². The number of carbonyl (C=O) groups excluding carboxylic acids is 1. The molecule has 2 aromatic heterocycles. The van der Waals surface area contributed by atoms with E-state index in [2.05, 4.69) is 15.3 Å². The molecule has 126 valence electrons. The fourth-order valence-electron chi connectivity index (χ4n) is 2.26. The number of carbonyl (C=O) groups is 1. The first-order valence-electron chi connectivity index (χ1n) is 7.16. The molecule has 0 aliphatic heterocycles. The molecular weight excluding hydrogens is 302 g/mol. The van der Waals surface area contributed by atoms with Crippen molar-refractivity contribution in [3.8, 4) is 0 Å². The van der Waals surface area contributed by atoms with Gasteiger partial charge in [0.05, 0.1) is 6.04 Å². The maximum absolute atomic E-state index is 12.0. The van der Waals surface area contributed by atoms with Gasteiger partial charge in [-0.15, -0.1) is 0 Å². The Balaban J connectivity index is 2.41. The van der Waals surface area contributed by atoms with Crippen LogP contribution < -0.4 is 16.6 Å². The Morgan fingerprint density at radius 3 is 2.43 bits per heavy atom. The summed E-state index contributed by atoms with van der Waals surface area (Å²) in [6.07, 6.45) is -0.583. The van der Waals surface area contributed by atoms with Gasteiger partial charge in [0.15, 0.2) is 11.2 Å². The molecule has 0 aromatic carbocycles. The van der Waals surface area contributed by atoms with Gasteiger partial charge < -0.3 is 14.6 Å². The van der Waals surface area contributed by atoms with E-state index >= 15 is 0 Å². The van der Waals surface area contributed by atoms with Crippen LogP contribution >= 0.6 is 0 Å². The van der Waals surface area contributed by atoms with Crippen molar-refractivity contribution >= 4 is 17.3 Å². The predicted molar refractivity (Wildman–Crippen MR) is 84.4 cm³/mol. The lowest BCUT2D eigenvalue weighted by Gasteiger charge is -2.21. The number of rotatable bonds is 2. The highest BCUT2D eigenvalue weighted by Gasteiger charge is 2.22. The summed E-state index contributed by atoms with van der Waals surface area (Å²) >= 11 is 0. The van der Waals surface area contributed by atoms with Crippen molar-refractivity contribution < 1.29 is 9.53 Å². The van der Waals surface area contributed by atoms with Gasteiger partial charge in [-0.2, -0.15) is 0 Å². The molecule has 1 amide bonds. The van der Waals surface area contributed by atoms with Gasteiger partial charge in [0.2, 0.25) is 0 Å². The average molecular weight is 323 g/mol. The van der Waals surface area contributed by atoms with Crippen LogP contribution in [0.5, 0.6) is 0 Å². The number of H-pyrrole nitrogens is 1. The van der Waals surface area contributed by atoms with Gasteiger partial charge in [-0.3, -0.25) is 14.3 Å². The van der Waals surface area contributed by atoms with Crippen LogP contribution in [0.1, 0.15) is 39.6 Å². The average Bonchev–Trinajstić information content (AvgIpc) is 2.72. The molecule has 0 radical (unpaired) electrons. The number of nitrogens with one attached hydrogen (secondary N) is 2. The molecule has 0 saturated heterocycles. The van der Waals surface area contributed by atoms with Crippen LogP contribution in [0.3, 0.4) is 0 Å². The van der Waals surface area contributed by atoms with E-state index in [0.29, 0.717) is 5.82 Å². The first kappa shape index (κ1) is 16.8. The van der Waals surface area contributed by atoms with Crippen molar-refractivity contribution in [1.82, 2.24) is 24.4 Å². The van der Waals surface area contributed by atoms with Crippen molar-refractivity contribution in [2.75, 3.05) is 0 Å². The second-order valence-electron chi connectivity index (χ2n) is 6.39. The zero-order chi connectivity index (χ0) is 17.5. The second-order valence-corrected chi connectivity index (χ2v) is 6.39. The minimum absolute atomic E-state index is 0.258. The van der Waals surface area contributed by atoms with Crippen LogP contribution in [0, 0.1) is 0 Å². The van der Waals surface area contributed by atoms with Crippen molar-refractivity contribution in [1.29, 1.82) is 0 Å². The summed E-state index contributed by atoms with van der Waals surface area (Å²) in [6.45, 7) is 7.02. The van der Waals surface area contributed by atoms with Gasteiger partial charge in [-0.05, 0) is 27.7 Å². The van der Waals surface area contributed by atoms with Crippen LogP contribution in [0.2, 0.25) is 0 Å². The first-order valence-corrected chi connectivity index (χ1v) is 7.16. The van der Waals surface area contributed by atoms with E-state index in [1.165, 1.54) is 11.6 Å². The summed E-state index contributed by atoms with van der Waals surface area (Å²) in [5, 5.41) is 2.66. The monoisotopic (exact) mass is 323 g/mol. The molecule has 9 nitrogen and oxygen atoms in total. The first-order chi connectivity index (χ1) is 10.5. The topological polar surface area (TPSA) is 111 Å². The summed E-state index contributed by atoms with van der Waals surface area (Å²) < 4.78 is 8.00. The van der Waals surface area contributed by atoms with E-state index in [4.69, 9.17) is 4.74 Å². The summed E-state index contributed by atoms with van der Waals surface area (Å²) in [5.74, 6) is 0.442. The zero-order valence-corrected chi connectivity index (χ0v) is 14.1. The number of imidazole rings is 1. The number of hydrogen-bond acceptors (Lipinski definition) is 5. The lowest BCUT2D eigenvalue weighted by molar-refractivity contribution is 0.0505. The highest BCUT2D eigenvalue weighted by molar-refractivity contribution is 5.72. The van der Waals surface area contributed by atoms with E-state index in [1.54, 1.807) is 39.3 Å². The van der Waals surface area contributed by atoms with E-state index in [-0.39, 0.29) is 11.2 Å². The van der Waals surface area contributed by atoms with E-state index in [0.717, 1.165) is 0 Å². The molecule has 0 fully saturated rings. The number of amides is 1. The Morgan fingerprint density at radius 2 is 1.87 bits per heavy atom. The molecule has 2 N–H and O–H groups in total. The van der Waals surface area contributed by atoms with E-state index in [9.17, 15) is 14.4 Å². The lowest BCUT2D eigenvalue weighted by atomic mass is 10.2. The van der Waals surface area contributed by atoms with Gasteiger partial charge in [0, 0.05) is 14.1 Å². The third-order valence-corrected chi connectivity index (χ3v) is 3.29. The number of aromatic amines is 1. The summed E-state index contributed by atoms with van der Waals surface area (Å²) in [6, 6.07) is -0.503. The predicted octanol–water partition coefficient (Wildman–Crippen LogP) is 0.546. The molecule has 0 spiro atoms. The molecule has 23 heavy (non-hydrogen) atoms. The number of aryl methyl sites for hydroxylation is 2. The highest BCUT2D eigenvalue weighted by atomic mass is 16.6. The highest BCUT2D eigenvalue weighted by Crippen LogP contribution is 2.16. The molecule has 0 bridgehead atoms. The van der Waals surface area contributed by atoms with Crippen molar-refractivity contribution in [2.45, 2.75) is 39.3 Å². The number of hydrogen-bond donors (Lipinski definition) is 2. The van der Waals surface area contributed by atoms with Crippen LogP contribution in [-0.4, -0.2) is 30.8 Å². The SMILES string of the molecule is CC(NC(=O)OC(C)(C)C)c1nc2c(c(=O)[nH]c(=O)n2C)n1C. The third-order valence-electron chi connectivity index (χ3n) is 3.29. The molecule has 9 heteroatoms. The largest absolute Gasteiger partial charge is 0.444 e. The fraction of sp³-hybridized carbons (Fsp3) is 0.571. The Kier molecular flexibility index (Phi) is 4.06. The second kappa shape index (κ2) is 5.56. The summed E-state index contributed by atoms with van der Waals surface area (Å²) in [4.78, 5) is 42.0. The molecule has 1 atom stereocenters. The quantitative estimate of drug-likeness (QED) is 0.838. The molecule has 0 aliphatic rings. The number of nitrogens with zero attached hydrogens (tertiary/aromatic N) is 3. The minimum Gasteiger partial charge on any atom is -0.444 e. The van der Waals surface area contributed by atoms with E-state index in [1.807, 2.05) is 0 Å². The Bertz CT molecular complexity index is 868. The molecule has 0 saturated carbocycles. The Labute approximate surface area is 132 Å². The number of aromatic nitrogens is 4. The van der Waals surface area contributed by atoms with Gasteiger partial charge in [0.25, 0.3) is 5.56 Å². The number of ether oxygens (including phenoxy) is 1. The Hall–Kier alpha value is -2.58. The Morgan fingerprint density at radius 1 is 1.26 bits per heavy atom. The normalized spacial score (nSPS) is 13.1. The van der Waals surface area contributed by atoms with Crippen LogP contribution in [0.4, 0.5) is 4.79 Å². The van der Waals surface area contributed by atoms with Crippen LogP contribution in [-0.2, 0) is 18.8 Å². The maximum Gasteiger partial charge on any atom is 0.408 e. The number of alkyl carbamates (subject to hydrolysis) is 1. The van der Waals surface area contributed by atoms with Crippen molar-refractivity contribution in [3.05, 3.63) is 26.7 Å². The summed E-state index contributed by atoms with van der Waals surface area (Å²) in [7, 11) is 3.17. The third kappa shape index (κ3) is 3.27. The van der Waals surface area contributed by atoms with Gasteiger partial charge >= 0.3 is 11.8 Å². The zero-order valence-electron chi connectivity index (χ0n) is 14.1. The van der Waals surface area contributed by atoms with Gasteiger partial charge in [-0.25, -0.2) is 14.6 Å². The number of fused-ring (bicyclic) bond motifs is 1. The van der Waals surface area contributed by atoms with Crippen LogP contribution in [0.15, 0.2) is 9.59 Å². The smallest absolute Gasteiger partial charge is 0.408 e. The minimum atomic E-state index is -0.614. The maximum atomic E-state index is 12.0. The fourth-order valence-corrected chi connectivity index (χ4v) is 2.26. The van der Waals surface area contributed by atoms with Gasteiger partial charge in [-0.1, -0.05) is 0 Å². The molecule has 0 aliphatic carbocycles. The molecule has 2 aromatic rings. The van der Waals surface area contributed by atoms with Crippen molar-refractivity contribution in [3.63, 3.8) is 0 Å². The standard InChI is InChI=1S/C14H21N5O4/c1-7(15-13(22)23-14(2,3)4)9-16-10-8(18(9)5)11(20)17-12(21)19(10)6/h7H,1-6H3,(H,15,22)(H,17,20,21). The molecule has 2 heterocycles. The molecular formula is C14H21N5O4. The van der Waals surface area contributed by atoms with Crippen LogP contribution in [0.25, 0.3) is 11.2 Å².